The van der Waals surface area contributed by atoms with Gasteiger partial charge in [0.15, 0.2) is 5.51 Å². The van der Waals surface area contributed by atoms with E-state index in [1.807, 2.05) is 35.7 Å². The molecule has 1 nitrogen and oxygen atoms in total. The standard InChI is InChI=1S/C6H5.C3H2NS/c1-2-4-6-5-3-1;1-2-5-3-4-1/h1-5H;1-2H. The van der Waals surface area contributed by atoms with E-state index in [4.69, 9.17) is 0 Å². The van der Waals surface area contributed by atoms with E-state index in [-0.39, 0.29) is 0 Å². The van der Waals surface area contributed by atoms with Gasteiger partial charge < -0.3 is 0 Å². The van der Waals surface area contributed by atoms with E-state index >= 15 is 0 Å². The Bertz CT molecular complexity index is 195. The second kappa shape index (κ2) is 5.62. The van der Waals surface area contributed by atoms with Crippen molar-refractivity contribution in [1.29, 1.82) is 0 Å². The molecule has 0 aliphatic heterocycles. The lowest BCUT2D eigenvalue weighted by atomic mass is 10.4. The molecule has 0 spiro atoms. The first-order chi connectivity index (χ1) is 5.50. The summed E-state index contributed by atoms with van der Waals surface area (Å²) >= 11 is 1.48. The molecule has 0 unspecified atom stereocenters. The summed E-state index contributed by atoms with van der Waals surface area (Å²) < 4.78 is 0. The summed E-state index contributed by atoms with van der Waals surface area (Å²) in [5.74, 6) is 0. The van der Waals surface area contributed by atoms with Gasteiger partial charge in [0.1, 0.15) is 0 Å². The molecule has 11 heavy (non-hydrogen) atoms. The molecule has 0 bridgehead atoms. The highest BCUT2D eigenvalue weighted by Gasteiger charge is 1.61. The minimum absolute atomic E-state index is 1.48. The van der Waals surface area contributed by atoms with Crippen molar-refractivity contribution < 1.29 is 0 Å². The molecular weight excluding hydrogens is 154 g/mol. The summed E-state index contributed by atoms with van der Waals surface area (Å²) in [6.45, 7) is 0. The molecule has 0 saturated carbocycles. The lowest BCUT2D eigenvalue weighted by molar-refractivity contribution is 1.41. The molecule has 0 aliphatic rings. The Morgan fingerprint density at radius 1 is 1.09 bits per heavy atom. The molecule has 0 aliphatic carbocycles. The van der Waals surface area contributed by atoms with Crippen molar-refractivity contribution in [2.75, 3.05) is 0 Å². The van der Waals surface area contributed by atoms with Crippen molar-refractivity contribution in [3.63, 3.8) is 0 Å². The number of benzene rings is 1. The van der Waals surface area contributed by atoms with Gasteiger partial charge in [-0.3, -0.25) is 0 Å². The SMILES string of the molecule is [c]1ccccc1.[c]1nccs1. The van der Waals surface area contributed by atoms with Gasteiger partial charge in [0.05, 0.1) is 0 Å². The van der Waals surface area contributed by atoms with Crippen LogP contribution in [0.15, 0.2) is 41.9 Å². The molecule has 0 fully saturated rings. The number of hydrogen-bond acceptors (Lipinski definition) is 2. The second-order valence-electron chi connectivity index (χ2n) is 1.70. The molecule has 1 heterocycles. The van der Waals surface area contributed by atoms with Gasteiger partial charge >= 0.3 is 0 Å². The van der Waals surface area contributed by atoms with Crippen molar-refractivity contribution in [3.05, 3.63) is 53.5 Å². The molecular formula is C9H7NS. The fourth-order valence-electron chi connectivity index (χ4n) is 0.494. The number of thiazole rings is 1. The Balaban J connectivity index is 0.000000112. The van der Waals surface area contributed by atoms with E-state index in [0.29, 0.717) is 0 Å². The normalized spacial score (nSPS) is 8.00. The third-order valence-electron chi connectivity index (χ3n) is 0.916. The molecule has 0 atom stereocenters. The monoisotopic (exact) mass is 161 g/mol. The van der Waals surface area contributed by atoms with Gasteiger partial charge in [-0.25, -0.2) is 4.98 Å². The third kappa shape index (κ3) is 4.28. The zero-order chi connectivity index (χ0) is 7.78. The largest absolute Gasteiger partial charge is 0.242 e. The first-order valence-electron chi connectivity index (χ1n) is 3.17. The van der Waals surface area contributed by atoms with Crippen LogP contribution < -0.4 is 0 Å². The van der Waals surface area contributed by atoms with E-state index in [1.54, 1.807) is 6.20 Å². The maximum Gasteiger partial charge on any atom is 0.152 e. The smallest absolute Gasteiger partial charge is 0.152 e. The van der Waals surface area contributed by atoms with Crippen molar-refractivity contribution >= 4 is 11.3 Å². The number of nitrogens with zero attached hydrogens (tertiary/aromatic N) is 1. The number of rotatable bonds is 0. The summed E-state index contributed by atoms with van der Waals surface area (Å²) in [7, 11) is 0. The number of aromatic nitrogens is 1. The molecule has 1 aromatic heterocycles. The zero-order valence-electron chi connectivity index (χ0n) is 5.90. The van der Waals surface area contributed by atoms with Crippen molar-refractivity contribution in [1.82, 2.24) is 4.98 Å². The maximum atomic E-state index is 3.62. The summed E-state index contributed by atoms with van der Waals surface area (Å²) in [4.78, 5) is 3.62. The Hall–Kier alpha value is -1.15. The van der Waals surface area contributed by atoms with Gasteiger partial charge in [0, 0.05) is 11.6 Å². The molecule has 0 N–H and O–H groups in total. The fraction of sp³-hybridized carbons (Fsp3) is 0. The Morgan fingerprint density at radius 3 is 2.09 bits per heavy atom. The highest BCUT2D eigenvalue weighted by Crippen LogP contribution is 1.84. The predicted octanol–water partition coefficient (Wildman–Crippen LogP) is 2.43. The average Bonchev–Trinajstić information content (AvgIpc) is 2.64. The van der Waals surface area contributed by atoms with E-state index < -0.39 is 0 Å². The molecule has 2 rings (SSSR count). The van der Waals surface area contributed by atoms with Gasteiger partial charge in [-0.1, -0.05) is 30.3 Å². The van der Waals surface area contributed by atoms with Crippen LogP contribution in [0.3, 0.4) is 0 Å². The molecule has 2 aromatic rings. The second-order valence-corrected chi connectivity index (χ2v) is 2.39. The molecule has 54 valence electrons. The summed E-state index contributed by atoms with van der Waals surface area (Å²) in [5, 5.41) is 1.88. The highest BCUT2D eigenvalue weighted by molar-refractivity contribution is 7.06. The van der Waals surface area contributed by atoms with Gasteiger partial charge in [-0.2, -0.15) is 0 Å². The summed E-state index contributed by atoms with van der Waals surface area (Å²) in [6, 6.07) is 12.5. The van der Waals surface area contributed by atoms with Crippen molar-refractivity contribution in [3.8, 4) is 0 Å². The molecule has 0 amide bonds. The topological polar surface area (TPSA) is 12.9 Å². The summed E-state index contributed by atoms with van der Waals surface area (Å²) in [5.41, 5.74) is 2.65. The van der Waals surface area contributed by atoms with Crippen molar-refractivity contribution in [2.45, 2.75) is 0 Å². The first-order valence-corrected chi connectivity index (χ1v) is 4.05. The van der Waals surface area contributed by atoms with E-state index in [1.165, 1.54) is 11.3 Å². The Morgan fingerprint density at radius 2 is 1.91 bits per heavy atom. The third-order valence-corrected chi connectivity index (χ3v) is 1.38. The van der Waals surface area contributed by atoms with E-state index in [9.17, 15) is 0 Å². The molecule has 1 aromatic carbocycles. The number of hydrogen-bond donors (Lipinski definition) is 0. The van der Waals surface area contributed by atoms with E-state index in [2.05, 4.69) is 16.6 Å². The van der Waals surface area contributed by atoms with Crippen LogP contribution in [-0.2, 0) is 0 Å². The van der Waals surface area contributed by atoms with Gasteiger partial charge in [0.25, 0.3) is 0 Å². The fourth-order valence-corrected chi connectivity index (χ4v) is 0.798. The first kappa shape index (κ1) is 7.95. The van der Waals surface area contributed by atoms with Crippen LogP contribution in [0.5, 0.6) is 0 Å². The maximum absolute atomic E-state index is 3.62. The quantitative estimate of drug-likeness (QED) is 0.578. The average molecular weight is 161 g/mol. The highest BCUT2D eigenvalue weighted by atomic mass is 32.1. The van der Waals surface area contributed by atoms with Crippen LogP contribution in [0.1, 0.15) is 0 Å². The lowest BCUT2D eigenvalue weighted by Gasteiger charge is -1.68. The van der Waals surface area contributed by atoms with Crippen LogP contribution in [-0.4, -0.2) is 4.98 Å². The zero-order valence-corrected chi connectivity index (χ0v) is 6.71. The van der Waals surface area contributed by atoms with Crippen LogP contribution >= 0.6 is 11.3 Å². The van der Waals surface area contributed by atoms with Crippen LogP contribution in [0.2, 0.25) is 0 Å². The van der Waals surface area contributed by atoms with Crippen LogP contribution in [0.25, 0.3) is 0 Å². The molecule has 2 radical (unpaired) electrons. The van der Waals surface area contributed by atoms with Crippen molar-refractivity contribution in [2.24, 2.45) is 0 Å². The van der Waals surface area contributed by atoms with Gasteiger partial charge in [0.2, 0.25) is 0 Å². The predicted molar refractivity (Wildman–Crippen MR) is 46.2 cm³/mol. The summed E-state index contributed by atoms with van der Waals surface area (Å²) in [6.07, 6.45) is 1.71. The van der Waals surface area contributed by atoms with Crippen LogP contribution in [0.4, 0.5) is 0 Å². The molecule has 0 saturated heterocycles. The van der Waals surface area contributed by atoms with Gasteiger partial charge in [-0.05, 0) is 6.07 Å². The lowest BCUT2D eigenvalue weighted by Crippen LogP contribution is -1.49. The Kier molecular flexibility index (Phi) is 4.06. The van der Waals surface area contributed by atoms with Crippen LogP contribution in [0, 0.1) is 11.6 Å². The van der Waals surface area contributed by atoms with Gasteiger partial charge in [-0.15, -0.1) is 11.3 Å². The minimum Gasteiger partial charge on any atom is -0.242 e. The molecule has 2 heteroatoms. The van der Waals surface area contributed by atoms with E-state index in [0.717, 1.165) is 0 Å². The Labute approximate surface area is 70.4 Å². The minimum atomic E-state index is 1.48.